The van der Waals surface area contributed by atoms with Crippen LogP contribution in [0.2, 0.25) is 0 Å². The van der Waals surface area contributed by atoms with Crippen molar-refractivity contribution in [3.8, 4) is 0 Å². The first-order valence-electron chi connectivity index (χ1n) is 7.35. The summed E-state index contributed by atoms with van der Waals surface area (Å²) in [5, 5.41) is 2.93. The van der Waals surface area contributed by atoms with Crippen LogP contribution in [0.3, 0.4) is 0 Å². The third-order valence-electron chi connectivity index (χ3n) is 3.87. The van der Waals surface area contributed by atoms with Crippen molar-refractivity contribution in [2.45, 2.75) is 25.3 Å². The highest BCUT2D eigenvalue weighted by atomic mass is 16.2. The van der Waals surface area contributed by atoms with Gasteiger partial charge in [0, 0.05) is 32.1 Å². The van der Waals surface area contributed by atoms with Gasteiger partial charge in [0.25, 0.3) is 0 Å². The van der Waals surface area contributed by atoms with Crippen LogP contribution < -0.4 is 16.0 Å². The second kappa shape index (κ2) is 5.63. The third-order valence-corrected chi connectivity index (χ3v) is 3.87. The summed E-state index contributed by atoms with van der Waals surface area (Å²) in [4.78, 5) is 27.4. The Hall–Kier alpha value is -2.24. The highest BCUT2D eigenvalue weighted by molar-refractivity contribution is 5.97. The van der Waals surface area contributed by atoms with E-state index in [-0.39, 0.29) is 11.9 Å². The molecule has 1 saturated carbocycles. The number of nitrogens with zero attached hydrogens (tertiary/aromatic N) is 2. The molecule has 6 nitrogen and oxygen atoms in total. The molecule has 2 aliphatic rings. The first-order chi connectivity index (χ1) is 10.1. The molecule has 1 saturated heterocycles. The number of rotatable bonds is 5. The third kappa shape index (κ3) is 3.09. The van der Waals surface area contributed by atoms with Gasteiger partial charge in [0.2, 0.25) is 5.91 Å². The smallest absolute Gasteiger partial charge is 0.324 e. The van der Waals surface area contributed by atoms with Gasteiger partial charge in [-0.05, 0) is 25.0 Å². The number of benzene rings is 1. The van der Waals surface area contributed by atoms with Crippen molar-refractivity contribution < 1.29 is 9.59 Å². The number of hydrogen-bond donors (Lipinski definition) is 2. The molecule has 0 aromatic heterocycles. The number of urea groups is 1. The zero-order chi connectivity index (χ0) is 14.8. The van der Waals surface area contributed by atoms with Gasteiger partial charge < -0.3 is 16.0 Å². The molecule has 0 atom stereocenters. The zero-order valence-electron chi connectivity index (χ0n) is 11.9. The summed E-state index contributed by atoms with van der Waals surface area (Å²) in [7, 11) is 0. The first kappa shape index (κ1) is 13.7. The van der Waals surface area contributed by atoms with Crippen molar-refractivity contribution >= 4 is 23.3 Å². The fourth-order valence-electron chi connectivity index (χ4n) is 2.51. The Balaban J connectivity index is 1.56. The number of anilines is 2. The second-order valence-corrected chi connectivity index (χ2v) is 5.57. The maximum atomic E-state index is 12.4. The van der Waals surface area contributed by atoms with Crippen molar-refractivity contribution in [2.24, 2.45) is 0 Å². The van der Waals surface area contributed by atoms with E-state index >= 15 is 0 Å². The van der Waals surface area contributed by atoms with Gasteiger partial charge >= 0.3 is 6.03 Å². The maximum absolute atomic E-state index is 12.4. The number of nitrogens with one attached hydrogen (secondary N) is 1. The average Bonchev–Trinajstić information content (AvgIpc) is 3.20. The molecular formula is C15H20N4O2. The molecule has 3 rings (SSSR count). The molecule has 0 spiro atoms. The summed E-state index contributed by atoms with van der Waals surface area (Å²) in [6.45, 7) is 1.70. The van der Waals surface area contributed by atoms with Crippen LogP contribution in [0.15, 0.2) is 24.3 Å². The molecule has 21 heavy (non-hydrogen) atoms. The van der Waals surface area contributed by atoms with E-state index < -0.39 is 0 Å². The Morgan fingerprint density at radius 3 is 2.76 bits per heavy atom. The summed E-state index contributed by atoms with van der Waals surface area (Å²) in [6, 6.07) is 7.63. The summed E-state index contributed by atoms with van der Waals surface area (Å²) in [5.74, 6) is 0.0305. The van der Waals surface area contributed by atoms with E-state index in [2.05, 4.69) is 5.32 Å². The van der Waals surface area contributed by atoms with Crippen molar-refractivity contribution in [3.63, 3.8) is 0 Å². The number of carbonyl (C=O) groups excluding carboxylic acids is 2. The molecular weight excluding hydrogens is 268 g/mol. The van der Waals surface area contributed by atoms with Gasteiger partial charge in [-0.2, -0.15) is 0 Å². The van der Waals surface area contributed by atoms with E-state index in [1.165, 1.54) is 0 Å². The van der Waals surface area contributed by atoms with E-state index in [4.69, 9.17) is 5.73 Å². The Morgan fingerprint density at radius 2 is 2.05 bits per heavy atom. The van der Waals surface area contributed by atoms with Gasteiger partial charge in [-0.1, -0.05) is 12.1 Å². The molecule has 1 aliphatic heterocycles. The number of nitrogens with two attached hydrogens (primary N) is 1. The Labute approximate surface area is 123 Å². The molecule has 6 heteroatoms. The molecule has 1 aliphatic carbocycles. The largest absolute Gasteiger partial charge is 0.397 e. The molecule has 0 bridgehead atoms. The van der Waals surface area contributed by atoms with Gasteiger partial charge in [0.1, 0.15) is 0 Å². The number of hydrogen-bond acceptors (Lipinski definition) is 3. The maximum Gasteiger partial charge on any atom is 0.324 e. The van der Waals surface area contributed by atoms with Crippen molar-refractivity contribution in [1.82, 2.24) is 10.2 Å². The molecule has 0 unspecified atom stereocenters. The lowest BCUT2D eigenvalue weighted by molar-refractivity contribution is -0.121. The molecule has 3 N–H and O–H groups in total. The molecule has 1 aromatic carbocycles. The van der Waals surface area contributed by atoms with Crippen LogP contribution in [-0.4, -0.2) is 42.5 Å². The fourth-order valence-corrected chi connectivity index (χ4v) is 2.51. The van der Waals surface area contributed by atoms with Gasteiger partial charge in [-0.25, -0.2) is 4.79 Å². The van der Waals surface area contributed by atoms with Crippen molar-refractivity contribution in [2.75, 3.05) is 30.3 Å². The molecule has 112 valence electrons. The van der Waals surface area contributed by atoms with Crippen LogP contribution in [0.5, 0.6) is 0 Å². The van der Waals surface area contributed by atoms with Gasteiger partial charge in [-0.15, -0.1) is 0 Å². The predicted octanol–water partition coefficient (Wildman–Crippen LogP) is 1.18. The van der Waals surface area contributed by atoms with Crippen LogP contribution in [-0.2, 0) is 4.79 Å². The minimum absolute atomic E-state index is 0.0305. The molecule has 1 aromatic rings. The minimum atomic E-state index is -0.0767. The second-order valence-electron chi connectivity index (χ2n) is 5.57. The van der Waals surface area contributed by atoms with Crippen molar-refractivity contribution in [3.05, 3.63) is 24.3 Å². The van der Waals surface area contributed by atoms with Crippen LogP contribution >= 0.6 is 0 Å². The zero-order valence-corrected chi connectivity index (χ0v) is 11.9. The van der Waals surface area contributed by atoms with Crippen LogP contribution in [0.25, 0.3) is 0 Å². The standard InChI is InChI=1S/C15H20N4O2/c16-12-3-1-2-4-13(12)19-10-9-18(15(19)21)8-7-14(20)17-11-5-6-11/h1-4,11H,5-10,16H2,(H,17,20). The molecule has 3 amide bonds. The highest BCUT2D eigenvalue weighted by Gasteiger charge is 2.31. The highest BCUT2D eigenvalue weighted by Crippen LogP contribution is 2.26. The summed E-state index contributed by atoms with van der Waals surface area (Å²) in [5.41, 5.74) is 7.25. The van der Waals surface area contributed by atoms with E-state index in [0.29, 0.717) is 37.8 Å². The van der Waals surface area contributed by atoms with Gasteiger partial charge in [0.15, 0.2) is 0 Å². The summed E-state index contributed by atoms with van der Waals surface area (Å²) >= 11 is 0. The van der Waals surface area contributed by atoms with E-state index in [9.17, 15) is 9.59 Å². The Kier molecular flexibility index (Phi) is 3.68. The number of carbonyl (C=O) groups is 2. The lowest BCUT2D eigenvalue weighted by Gasteiger charge is -2.19. The lowest BCUT2D eigenvalue weighted by Crippen LogP contribution is -2.35. The minimum Gasteiger partial charge on any atom is -0.397 e. The lowest BCUT2D eigenvalue weighted by atomic mass is 10.2. The van der Waals surface area contributed by atoms with Gasteiger partial charge in [-0.3, -0.25) is 9.69 Å². The number of nitrogen functional groups attached to an aromatic ring is 1. The van der Waals surface area contributed by atoms with Gasteiger partial charge in [0.05, 0.1) is 11.4 Å². The number of amides is 3. The molecule has 0 radical (unpaired) electrons. The van der Waals surface area contributed by atoms with Crippen LogP contribution in [0.4, 0.5) is 16.2 Å². The monoisotopic (exact) mass is 288 g/mol. The molecule has 2 fully saturated rings. The number of para-hydroxylation sites is 2. The summed E-state index contributed by atoms with van der Waals surface area (Å²) in [6.07, 6.45) is 2.52. The van der Waals surface area contributed by atoms with E-state index in [0.717, 1.165) is 18.5 Å². The topological polar surface area (TPSA) is 78.7 Å². The van der Waals surface area contributed by atoms with E-state index in [1.54, 1.807) is 15.9 Å². The predicted molar refractivity (Wildman–Crippen MR) is 81.0 cm³/mol. The Bertz CT molecular complexity index is 556. The summed E-state index contributed by atoms with van der Waals surface area (Å²) < 4.78 is 0. The Morgan fingerprint density at radius 1 is 1.29 bits per heavy atom. The first-order valence-corrected chi connectivity index (χ1v) is 7.35. The normalized spacial score (nSPS) is 18.2. The van der Waals surface area contributed by atoms with E-state index in [1.807, 2.05) is 18.2 Å². The quantitative estimate of drug-likeness (QED) is 0.799. The average molecular weight is 288 g/mol. The molecule has 1 heterocycles. The SMILES string of the molecule is Nc1ccccc1N1CCN(CCC(=O)NC2CC2)C1=O. The van der Waals surface area contributed by atoms with Crippen molar-refractivity contribution in [1.29, 1.82) is 0 Å². The fraction of sp³-hybridized carbons (Fsp3) is 0.467. The van der Waals surface area contributed by atoms with Crippen LogP contribution in [0, 0.1) is 0 Å². The van der Waals surface area contributed by atoms with Crippen LogP contribution in [0.1, 0.15) is 19.3 Å².